The van der Waals surface area contributed by atoms with Crippen molar-refractivity contribution in [1.82, 2.24) is 14.9 Å². The van der Waals surface area contributed by atoms with Gasteiger partial charge in [0.2, 0.25) is 0 Å². The number of carbonyl (C=O) groups is 1. The predicted octanol–water partition coefficient (Wildman–Crippen LogP) is 0.439. The predicted molar refractivity (Wildman–Crippen MR) is 70.5 cm³/mol. The van der Waals surface area contributed by atoms with E-state index in [1.807, 2.05) is 0 Å². The van der Waals surface area contributed by atoms with E-state index < -0.39 is 5.69 Å². The number of rotatable bonds is 2. The summed E-state index contributed by atoms with van der Waals surface area (Å²) in [6, 6.07) is 0. The fourth-order valence-electron chi connectivity index (χ4n) is 1.87. The van der Waals surface area contributed by atoms with Gasteiger partial charge in [-0.05, 0) is 19.4 Å². The number of thiophene rings is 1. The normalized spacial score (nSPS) is 10.8. The van der Waals surface area contributed by atoms with Gasteiger partial charge in [0.25, 0.3) is 11.5 Å². The molecule has 2 N–H and O–H groups in total. The highest BCUT2D eigenvalue weighted by Crippen LogP contribution is 2.25. The Hall–Kier alpha value is -1.89. The molecule has 0 saturated carbocycles. The second-order valence-corrected chi connectivity index (χ2v) is 4.84. The first-order chi connectivity index (χ1) is 8.51. The van der Waals surface area contributed by atoms with Crippen LogP contribution in [0.25, 0.3) is 10.2 Å². The lowest BCUT2D eigenvalue weighted by atomic mass is 10.2. The Labute approximate surface area is 106 Å². The van der Waals surface area contributed by atoms with Crippen LogP contribution in [-0.4, -0.2) is 22.5 Å². The van der Waals surface area contributed by atoms with Gasteiger partial charge in [-0.1, -0.05) is 0 Å². The number of aromatic amines is 1. The average Bonchev–Trinajstić information content (AvgIpc) is 2.66. The number of nitrogens with zero attached hydrogens (tertiary/aromatic N) is 1. The van der Waals surface area contributed by atoms with Gasteiger partial charge in [-0.25, -0.2) is 4.79 Å². The maximum absolute atomic E-state index is 12.1. The molecule has 2 aromatic rings. The number of fused-ring (bicyclic) bond motifs is 1. The Morgan fingerprint density at radius 2 is 2.11 bits per heavy atom. The van der Waals surface area contributed by atoms with E-state index in [4.69, 9.17) is 0 Å². The van der Waals surface area contributed by atoms with Crippen LogP contribution in [0.15, 0.2) is 9.59 Å². The lowest BCUT2D eigenvalue weighted by Gasteiger charge is -2.00. The van der Waals surface area contributed by atoms with Crippen LogP contribution in [0.1, 0.15) is 22.2 Å². The van der Waals surface area contributed by atoms with Crippen LogP contribution < -0.4 is 16.6 Å². The third-order valence-electron chi connectivity index (χ3n) is 2.82. The minimum absolute atomic E-state index is 0.253. The van der Waals surface area contributed by atoms with Gasteiger partial charge in [0.1, 0.15) is 4.83 Å². The molecule has 2 aromatic heterocycles. The quantitative estimate of drug-likeness (QED) is 0.828. The van der Waals surface area contributed by atoms with Crippen molar-refractivity contribution in [3.63, 3.8) is 0 Å². The molecule has 0 radical (unpaired) electrons. The van der Waals surface area contributed by atoms with E-state index in [1.54, 1.807) is 13.8 Å². The molecule has 0 atom stereocenters. The smallest absolute Gasteiger partial charge is 0.329 e. The number of H-pyrrole nitrogens is 1. The molecule has 18 heavy (non-hydrogen) atoms. The van der Waals surface area contributed by atoms with Gasteiger partial charge in [-0.3, -0.25) is 19.1 Å². The highest BCUT2D eigenvalue weighted by Gasteiger charge is 2.18. The lowest BCUT2D eigenvalue weighted by Crippen LogP contribution is -2.34. The van der Waals surface area contributed by atoms with Crippen molar-refractivity contribution < 1.29 is 4.79 Å². The maximum atomic E-state index is 12.1. The summed E-state index contributed by atoms with van der Waals surface area (Å²) in [5, 5.41) is 2.93. The zero-order valence-corrected chi connectivity index (χ0v) is 11.1. The molecule has 0 unspecified atom stereocenters. The molecule has 0 saturated heterocycles. The average molecular weight is 267 g/mol. The topological polar surface area (TPSA) is 84.0 Å². The van der Waals surface area contributed by atoms with Crippen molar-refractivity contribution in [2.45, 2.75) is 20.4 Å². The van der Waals surface area contributed by atoms with Gasteiger partial charge in [-0.15, -0.1) is 11.3 Å². The second-order valence-electron chi connectivity index (χ2n) is 3.82. The highest BCUT2D eigenvalue weighted by molar-refractivity contribution is 7.20. The number of hydrogen-bond acceptors (Lipinski definition) is 4. The summed E-state index contributed by atoms with van der Waals surface area (Å²) in [5.74, 6) is -0.253. The fraction of sp³-hybridized carbons (Fsp3) is 0.364. The largest absolute Gasteiger partial charge is 0.354 e. The summed E-state index contributed by atoms with van der Waals surface area (Å²) in [6.07, 6.45) is 0. The van der Waals surface area contributed by atoms with E-state index in [9.17, 15) is 14.4 Å². The van der Waals surface area contributed by atoms with Gasteiger partial charge in [0.05, 0.1) is 10.3 Å². The maximum Gasteiger partial charge on any atom is 0.329 e. The van der Waals surface area contributed by atoms with E-state index in [-0.39, 0.29) is 11.5 Å². The molecule has 0 aliphatic carbocycles. The summed E-state index contributed by atoms with van der Waals surface area (Å²) in [4.78, 5) is 39.0. The minimum atomic E-state index is -0.445. The van der Waals surface area contributed by atoms with E-state index >= 15 is 0 Å². The lowest BCUT2D eigenvalue weighted by molar-refractivity contribution is 0.0966. The van der Waals surface area contributed by atoms with Crippen LogP contribution in [0, 0.1) is 6.92 Å². The molecular formula is C11H13N3O3S. The van der Waals surface area contributed by atoms with Crippen LogP contribution >= 0.6 is 11.3 Å². The van der Waals surface area contributed by atoms with Crippen molar-refractivity contribution >= 4 is 27.5 Å². The number of hydrogen-bond donors (Lipinski definition) is 2. The number of aromatic nitrogens is 2. The molecular weight excluding hydrogens is 254 g/mol. The zero-order valence-electron chi connectivity index (χ0n) is 10.3. The summed E-state index contributed by atoms with van der Waals surface area (Å²) in [7, 11) is 1.53. The van der Waals surface area contributed by atoms with Gasteiger partial charge in [0, 0.05) is 13.6 Å². The molecule has 0 aliphatic heterocycles. The molecule has 0 fully saturated rings. The van der Waals surface area contributed by atoms with Gasteiger partial charge in [-0.2, -0.15) is 0 Å². The van der Waals surface area contributed by atoms with E-state index in [0.717, 1.165) is 15.9 Å². The third-order valence-corrected chi connectivity index (χ3v) is 4.03. The van der Waals surface area contributed by atoms with Crippen LogP contribution in [0.2, 0.25) is 0 Å². The SMILES string of the molecule is CCn1c(=O)[nH]c2sc(C(=O)NC)c(C)c2c1=O. The third kappa shape index (κ3) is 1.67. The molecule has 0 spiro atoms. The Kier molecular flexibility index (Phi) is 3.08. The van der Waals surface area contributed by atoms with E-state index in [0.29, 0.717) is 27.2 Å². The van der Waals surface area contributed by atoms with Gasteiger partial charge < -0.3 is 5.32 Å². The van der Waals surface area contributed by atoms with E-state index in [1.165, 1.54) is 7.05 Å². The highest BCUT2D eigenvalue weighted by atomic mass is 32.1. The van der Waals surface area contributed by atoms with Gasteiger partial charge >= 0.3 is 5.69 Å². The second kappa shape index (κ2) is 4.41. The molecule has 6 nitrogen and oxygen atoms in total. The molecule has 0 aliphatic rings. The van der Waals surface area contributed by atoms with Crippen molar-refractivity contribution in [2.24, 2.45) is 0 Å². The standard InChI is InChI=1S/C11H13N3O3S/c1-4-14-10(16)6-5(2)7(8(15)12-3)18-9(6)13-11(14)17/h4H2,1-3H3,(H,12,15)(H,13,17). The Morgan fingerprint density at radius 3 is 2.67 bits per heavy atom. The van der Waals surface area contributed by atoms with Gasteiger partial charge in [0.15, 0.2) is 0 Å². The van der Waals surface area contributed by atoms with E-state index in [2.05, 4.69) is 10.3 Å². The summed E-state index contributed by atoms with van der Waals surface area (Å²) in [5.41, 5.74) is -0.183. The first-order valence-corrected chi connectivity index (χ1v) is 6.31. The van der Waals surface area contributed by atoms with Crippen molar-refractivity contribution in [3.05, 3.63) is 31.3 Å². The Bertz CT molecular complexity index is 738. The summed E-state index contributed by atoms with van der Waals surface area (Å²) in [6.45, 7) is 3.74. The molecule has 0 bridgehead atoms. The van der Waals surface area contributed by atoms with Crippen molar-refractivity contribution in [2.75, 3.05) is 7.05 Å². The summed E-state index contributed by atoms with van der Waals surface area (Å²) >= 11 is 1.12. The minimum Gasteiger partial charge on any atom is -0.354 e. The van der Waals surface area contributed by atoms with Crippen molar-refractivity contribution in [3.8, 4) is 0 Å². The zero-order chi connectivity index (χ0) is 13.4. The molecule has 1 amide bonds. The van der Waals surface area contributed by atoms with Crippen LogP contribution in [0.5, 0.6) is 0 Å². The first kappa shape index (κ1) is 12.6. The molecule has 2 rings (SSSR count). The van der Waals surface area contributed by atoms with Crippen LogP contribution in [-0.2, 0) is 6.54 Å². The molecule has 0 aromatic carbocycles. The molecule has 2 heterocycles. The van der Waals surface area contributed by atoms with Crippen LogP contribution in [0.4, 0.5) is 0 Å². The summed E-state index contributed by atoms with van der Waals surface area (Å²) < 4.78 is 1.12. The van der Waals surface area contributed by atoms with Crippen LogP contribution in [0.3, 0.4) is 0 Å². The number of amides is 1. The first-order valence-electron chi connectivity index (χ1n) is 5.49. The number of carbonyl (C=O) groups excluding carboxylic acids is 1. The molecule has 96 valence electrons. The number of nitrogens with one attached hydrogen (secondary N) is 2. The Morgan fingerprint density at radius 1 is 1.44 bits per heavy atom. The molecule has 7 heteroatoms. The fourth-order valence-corrected chi connectivity index (χ4v) is 3.00. The van der Waals surface area contributed by atoms with Crippen molar-refractivity contribution in [1.29, 1.82) is 0 Å². The Balaban J connectivity index is 2.91. The monoisotopic (exact) mass is 267 g/mol. The number of aryl methyl sites for hydroxylation is 1.